The molecule has 0 heterocycles. The van der Waals surface area contributed by atoms with Gasteiger partial charge in [0.05, 0.1) is 0 Å². The SMILES string of the molecule is CC1=CC[C@H]2[C@@H]3CCc4cc(NC(=O)OC(C)(C)C)ccc4[C@H]3CC[C@]12C. The van der Waals surface area contributed by atoms with E-state index in [1.54, 1.807) is 5.57 Å². The zero-order valence-electron chi connectivity index (χ0n) is 17.4. The first-order valence-electron chi connectivity index (χ1n) is 10.5. The predicted molar refractivity (Wildman–Crippen MR) is 110 cm³/mol. The van der Waals surface area contributed by atoms with Crippen LogP contribution < -0.4 is 5.32 Å². The minimum atomic E-state index is -0.478. The van der Waals surface area contributed by atoms with E-state index in [0.717, 1.165) is 23.9 Å². The third kappa shape index (κ3) is 3.30. The van der Waals surface area contributed by atoms with E-state index in [0.29, 0.717) is 11.3 Å². The monoisotopic (exact) mass is 367 g/mol. The highest BCUT2D eigenvalue weighted by molar-refractivity contribution is 5.85. The Balaban J connectivity index is 1.52. The molecule has 1 aromatic carbocycles. The highest BCUT2D eigenvalue weighted by atomic mass is 16.6. The molecule has 0 spiro atoms. The topological polar surface area (TPSA) is 38.3 Å². The van der Waals surface area contributed by atoms with Gasteiger partial charge >= 0.3 is 6.09 Å². The van der Waals surface area contributed by atoms with Crippen LogP contribution in [-0.2, 0) is 11.2 Å². The van der Waals surface area contributed by atoms with E-state index in [2.05, 4.69) is 43.4 Å². The fourth-order valence-corrected chi connectivity index (χ4v) is 5.86. The van der Waals surface area contributed by atoms with Crippen molar-refractivity contribution in [2.24, 2.45) is 17.3 Å². The zero-order valence-corrected chi connectivity index (χ0v) is 17.4. The number of fused-ring (bicyclic) bond motifs is 5. The Labute approximate surface area is 163 Å². The molecule has 1 aromatic rings. The summed E-state index contributed by atoms with van der Waals surface area (Å²) < 4.78 is 5.38. The first-order chi connectivity index (χ1) is 12.7. The third-order valence-corrected chi connectivity index (χ3v) is 7.34. The molecule has 0 saturated heterocycles. The first kappa shape index (κ1) is 18.6. The van der Waals surface area contributed by atoms with Crippen LogP contribution in [0, 0.1) is 17.3 Å². The summed E-state index contributed by atoms with van der Waals surface area (Å²) in [6, 6.07) is 6.48. The van der Waals surface area contributed by atoms with E-state index in [1.807, 2.05) is 20.8 Å². The van der Waals surface area contributed by atoms with Gasteiger partial charge in [-0.3, -0.25) is 5.32 Å². The van der Waals surface area contributed by atoms with Gasteiger partial charge in [-0.25, -0.2) is 4.79 Å². The average Bonchev–Trinajstić information content (AvgIpc) is 2.88. The summed E-state index contributed by atoms with van der Waals surface area (Å²) in [5, 5.41) is 2.90. The largest absolute Gasteiger partial charge is 0.444 e. The summed E-state index contributed by atoms with van der Waals surface area (Å²) in [5.74, 6) is 2.29. The Morgan fingerprint density at radius 2 is 2.04 bits per heavy atom. The van der Waals surface area contributed by atoms with Gasteiger partial charge in [-0.1, -0.05) is 24.6 Å². The lowest BCUT2D eigenvalue weighted by molar-refractivity contribution is 0.0635. The maximum atomic E-state index is 12.1. The van der Waals surface area contributed by atoms with Gasteiger partial charge in [0, 0.05) is 5.69 Å². The molecular formula is C24H33NO2. The summed E-state index contributed by atoms with van der Waals surface area (Å²) in [6.07, 6.45) is 8.36. The van der Waals surface area contributed by atoms with E-state index in [9.17, 15) is 4.79 Å². The normalized spacial score (nSPS) is 32.0. The Bertz CT molecular complexity index is 788. The van der Waals surface area contributed by atoms with Crippen molar-refractivity contribution < 1.29 is 9.53 Å². The fourth-order valence-electron chi connectivity index (χ4n) is 5.86. The molecular weight excluding hydrogens is 334 g/mol. The Morgan fingerprint density at radius 3 is 2.78 bits per heavy atom. The average molecular weight is 368 g/mol. The number of ether oxygens (including phenoxy) is 1. The molecule has 1 N–H and O–H groups in total. The van der Waals surface area contributed by atoms with E-state index in [1.165, 1.54) is 36.8 Å². The number of allylic oxidation sites excluding steroid dienone is 2. The second-order valence-corrected chi connectivity index (χ2v) is 10.0. The highest BCUT2D eigenvalue weighted by Crippen LogP contribution is 2.60. The first-order valence-corrected chi connectivity index (χ1v) is 10.5. The van der Waals surface area contributed by atoms with Gasteiger partial charge in [-0.2, -0.15) is 0 Å². The van der Waals surface area contributed by atoms with Crippen molar-refractivity contribution in [2.45, 2.75) is 78.2 Å². The van der Waals surface area contributed by atoms with Crippen molar-refractivity contribution in [1.82, 2.24) is 0 Å². The summed E-state index contributed by atoms with van der Waals surface area (Å²) in [6.45, 7) is 10.5. The summed E-state index contributed by atoms with van der Waals surface area (Å²) in [5.41, 5.74) is 5.35. The summed E-state index contributed by atoms with van der Waals surface area (Å²) in [4.78, 5) is 12.1. The van der Waals surface area contributed by atoms with Crippen LogP contribution in [0.5, 0.6) is 0 Å². The molecule has 1 saturated carbocycles. The van der Waals surface area contributed by atoms with Crippen LogP contribution in [0.4, 0.5) is 10.5 Å². The third-order valence-electron chi connectivity index (χ3n) is 7.34. The van der Waals surface area contributed by atoms with Gasteiger partial charge in [0.1, 0.15) is 5.60 Å². The molecule has 146 valence electrons. The van der Waals surface area contributed by atoms with Gasteiger partial charge < -0.3 is 4.74 Å². The molecule has 0 radical (unpaired) electrons. The van der Waals surface area contributed by atoms with Gasteiger partial charge in [0.2, 0.25) is 0 Å². The van der Waals surface area contributed by atoms with E-state index >= 15 is 0 Å². The van der Waals surface area contributed by atoms with Gasteiger partial charge in [-0.15, -0.1) is 0 Å². The Hall–Kier alpha value is -1.77. The molecule has 3 heteroatoms. The van der Waals surface area contributed by atoms with Crippen molar-refractivity contribution in [1.29, 1.82) is 0 Å². The van der Waals surface area contributed by atoms with E-state index in [4.69, 9.17) is 4.74 Å². The minimum absolute atomic E-state index is 0.378. The molecule has 4 rings (SSSR count). The van der Waals surface area contributed by atoms with Crippen LogP contribution in [0.1, 0.15) is 77.3 Å². The molecule has 1 amide bonds. The number of amides is 1. The highest BCUT2D eigenvalue weighted by Gasteiger charge is 2.50. The maximum Gasteiger partial charge on any atom is 0.412 e. The molecule has 1 fully saturated rings. The second-order valence-electron chi connectivity index (χ2n) is 10.0. The van der Waals surface area contributed by atoms with Crippen LogP contribution in [0.2, 0.25) is 0 Å². The number of carbonyl (C=O) groups excluding carboxylic acids is 1. The maximum absolute atomic E-state index is 12.1. The molecule has 27 heavy (non-hydrogen) atoms. The van der Waals surface area contributed by atoms with E-state index < -0.39 is 5.60 Å². The van der Waals surface area contributed by atoms with Crippen LogP contribution in [-0.4, -0.2) is 11.7 Å². The standard InChI is InChI=1S/C24H33NO2/c1-15-6-11-21-20-9-7-16-14-17(25-22(26)27-23(2,3)4)8-10-18(16)19(20)12-13-24(15,21)5/h6,8,10,14,19-21H,7,9,11-13H2,1-5H3,(H,25,26)/t19-,20-,21+,24-/m1/s1. The number of carbonyl (C=O) groups is 1. The number of hydrogen-bond donors (Lipinski definition) is 1. The molecule has 0 aromatic heterocycles. The van der Waals surface area contributed by atoms with E-state index in [-0.39, 0.29) is 6.09 Å². The van der Waals surface area contributed by atoms with Crippen LogP contribution in [0.25, 0.3) is 0 Å². The lowest BCUT2D eigenvalue weighted by Gasteiger charge is -2.50. The number of anilines is 1. The molecule has 0 bridgehead atoms. The number of nitrogens with one attached hydrogen (secondary N) is 1. The van der Waals surface area contributed by atoms with Crippen molar-refractivity contribution in [3.63, 3.8) is 0 Å². The molecule has 3 aliphatic carbocycles. The number of hydrogen-bond acceptors (Lipinski definition) is 2. The van der Waals surface area contributed by atoms with Crippen molar-refractivity contribution in [2.75, 3.05) is 5.32 Å². The van der Waals surface area contributed by atoms with Crippen LogP contribution in [0.15, 0.2) is 29.8 Å². The lowest BCUT2D eigenvalue weighted by atomic mass is 9.54. The van der Waals surface area contributed by atoms with Gasteiger partial charge in [0.25, 0.3) is 0 Å². The number of aryl methyl sites for hydroxylation is 1. The smallest absolute Gasteiger partial charge is 0.412 e. The molecule has 0 unspecified atom stereocenters. The molecule has 0 aliphatic heterocycles. The molecule has 3 nitrogen and oxygen atoms in total. The van der Waals surface area contributed by atoms with Crippen LogP contribution >= 0.6 is 0 Å². The van der Waals surface area contributed by atoms with Gasteiger partial charge in [-0.05, 0) is 106 Å². The molecule has 4 atom stereocenters. The zero-order chi connectivity index (χ0) is 19.4. The summed E-state index contributed by atoms with van der Waals surface area (Å²) in [7, 11) is 0. The van der Waals surface area contributed by atoms with Gasteiger partial charge in [0.15, 0.2) is 0 Å². The molecule has 3 aliphatic rings. The summed E-state index contributed by atoms with van der Waals surface area (Å²) >= 11 is 0. The predicted octanol–water partition coefficient (Wildman–Crippen LogP) is 6.45. The van der Waals surface area contributed by atoms with Crippen LogP contribution in [0.3, 0.4) is 0 Å². The second kappa shape index (κ2) is 6.39. The number of benzene rings is 1. The lowest BCUT2D eigenvalue weighted by Crippen LogP contribution is -2.40. The fraction of sp³-hybridized carbons (Fsp3) is 0.625. The van der Waals surface area contributed by atoms with Crippen molar-refractivity contribution in [3.8, 4) is 0 Å². The minimum Gasteiger partial charge on any atom is -0.444 e. The van der Waals surface area contributed by atoms with Crippen molar-refractivity contribution >= 4 is 11.8 Å². The Kier molecular flexibility index (Phi) is 4.40. The number of rotatable bonds is 1. The van der Waals surface area contributed by atoms with Crippen molar-refractivity contribution in [3.05, 3.63) is 41.0 Å². The Morgan fingerprint density at radius 1 is 1.26 bits per heavy atom. The quantitative estimate of drug-likeness (QED) is 0.580.